The van der Waals surface area contributed by atoms with Crippen LogP contribution in [0, 0.1) is 27.4 Å². The first-order valence-electron chi connectivity index (χ1n) is 6.50. The Kier molecular flexibility index (Phi) is 2.63. The van der Waals surface area contributed by atoms with Crippen LogP contribution >= 0.6 is 22.6 Å². The summed E-state index contributed by atoms with van der Waals surface area (Å²) < 4.78 is 6.08. The molecule has 1 saturated carbocycles. The van der Waals surface area contributed by atoms with Crippen molar-refractivity contribution in [2.24, 2.45) is 28.8 Å². The predicted octanol–water partition coefficient (Wildman–Crippen LogP) is 2.03. The van der Waals surface area contributed by atoms with E-state index >= 15 is 0 Å². The Morgan fingerprint density at radius 2 is 1.85 bits per heavy atom. The van der Waals surface area contributed by atoms with E-state index in [0.29, 0.717) is 5.76 Å². The predicted molar refractivity (Wildman–Crippen MR) is 78.6 cm³/mol. The Morgan fingerprint density at radius 1 is 1.20 bits per heavy atom. The molecule has 20 heavy (non-hydrogen) atoms. The van der Waals surface area contributed by atoms with Gasteiger partial charge in [-0.2, -0.15) is 10.1 Å². The van der Waals surface area contributed by atoms with E-state index in [9.17, 15) is 9.59 Å². The van der Waals surface area contributed by atoms with E-state index in [1.165, 1.54) is 6.21 Å². The van der Waals surface area contributed by atoms with Gasteiger partial charge in [0.2, 0.25) is 0 Å². The molecule has 0 spiro atoms. The van der Waals surface area contributed by atoms with E-state index in [1.54, 1.807) is 12.1 Å². The zero-order chi connectivity index (χ0) is 13.9. The second-order valence-corrected chi connectivity index (χ2v) is 6.44. The second kappa shape index (κ2) is 4.28. The third-order valence-corrected chi connectivity index (χ3v) is 4.92. The maximum atomic E-state index is 12.3. The van der Waals surface area contributed by atoms with Gasteiger partial charge in [-0.1, -0.05) is 12.2 Å². The third-order valence-electron chi connectivity index (χ3n) is 4.34. The fourth-order valence-corrected chi connectivity index (χ4v) is 3.95. The molecule has 1 aromatic rings. The number of furan rings is 1. The van der Waals surface area contributed by atoms with Crippen LogP contribution in [0.2, 0.25) is 0 Å². The monoisotopic (exact) mass is 382 g/mol. The minimum absolute atomic E-state index is 0.172. The number of carbonyl (C=O) groups excluding carboxylic acids is 2. The molecular formula is C14H11IN2O3. The summed E-state index contributed by atoms with van der Waals surface area (Å²) in [5, 5.41) is 5.06. The lowest BCUT2D eigenvalue weighted by atomic mass is 9.85. The SMILES string of the molecule is O=C1[C@@H]2[C@H](C(=O)N1/N=C\c1ccc(I)o1)[C@H]1C=C[C@H]2C1. The van der Waals surface area contributed by atoms with Gasteiger partial charge in [-0.05, 0) is 53.0 Å². The van der Waals surface area contributed by atoms with Gasteiger partial charge in [0.15, 0.2) is 3.77 Å². The molecule has 5 nitrogen and oxygen atoms in total. The number of carbonyl (C=O) groups is 2. The molecule has 102 valence electrons. The third kappa shape index (κ3) is 1.63. The van der Waals surface area contributed by atoms with E-state index in [2.05, 4.69) is 17.3 Å². The van der Waals surface area contributed by atoms with E-state index in [4.69, 9.17) is 4.42 Å². The molecule has 1 saturated heterocycles. The first-order valence-corrected chi connectivity index (χ1v) is 7.58. The summed E-state index contributed by atoms with van der Waals surface area (Å²) in [6, 6.07) is 3.55. The molecule has 2 heterocycles. The van der Waals surface area contributed by atoms with Crippen molar-refractivity contribution in [1.29, 1.82) is 0 Å². The first-order chi connectivity index (χ1) is 9.65. The number of hydrogen-bond donors (Lipinski definition) is 0. The molecule has 4 rings (SSSR count). The van der Waals surface area contributed by atoms with Crippen LogP contribution < -0.4 is 0 Å². The lowest BCUT2D eigenvalue weighted by Crippen LogP contribution is -2.28. The molecule has 0 N–H and O–H groups in total. The molecule has 1 aromatic heterocycles. The number of allylic oxidation sites excluding steroid dienone is 2. The normalized spacial score (nSPS) is 34.8. The summed E-state index contributed by atoms with van der Waals surface area (Å²) in [7, 11) is 0. The van der Waals surface area contributed by atoms with Crippen molar-refractivity contribution in [3.05, 3.63) is 33.8 Å². The van der Waals surface area contributed by atoms with Crippen molar-refractivity contribution in [3.63, 3.8) is 0 Å². The Balaban J connectivity index is 1.60. The van der Waals surface area contributed by atoms with Gasteiger partial charge in [0.1, 0.15) is 5.76 Å². The highest BCUT2D eigenvalue weighted by Gasteiger charge is 2.59. The van der Waals surface area contributed by atoms with E-state index in [1.807, 2.05) is 22.6 Å². The number of amides is 2. The van der Waals surface area contributed by atoms with Crippen LogP contribution in [0.1, 0.15) is 12.2 Å². The number of hydrogen-bond acceptors (Lipinski definition) is 4. The largest absolute Gasteiger partial charge is 0.449 e. The van der Waals surface area contributed by atoms with Crippen molar-refractivity contribution in [2.75, 3.05) is 0 Å². The number of imide groups is 1. The quantitative estimate of drug-likeness (QED) is 0.340. The van der Waals surface area contributed by atoms with Gasteiger partial charge in [0.05, 0.1) is 18.1 Å². The maximum Gasteiger partial charge on any atom is 0.254 e. The van der Waals surface area contributed by atoms with E-state index in [-0.39, 0.29) is 35.5 Å². The van der Waals surface area contributed by atoms with Crippen LogP contribution in [-0.4, -0.2) is 23.0 Å². The van der Waals surface area contributed by atoms with Crippen LogP contribution in [0.15, 0.2) is 33.8 Å². The Hall–Kier alpha value is -1.44. The average Bonchev–Trinajstić information content (AvgIpc) is 3.15. The van der Waals surface area contributed by atoms with E-state index < -0.39 is 0 Å². The number of nitrogens with zero attached hydrogens (tertiary/aromatic N) is 2. The molecule has 0 aromatic carbocycles. The van der Waals surface area contributed by atoms with Crippen molar-refractivity contribution in [2.45, 2.75) is 6.42 Å². The number of rotatable bonds is 2. The molecular weight excluding hydrogens is 371 g/mol. The van der Waals surface area contributed by atoms with Crippen molar-refractivity contribution in [1.82, 2.24) is 5.01 Å². The van der Waals surface area contributed by atoms with Crippen LogP contribution in [0.3, 0.4) is 0 Å². The van der Waals surface area contributed by atoms with Crippen LogP contribution in [0.5, 0.6) is 0 Å². The molecule has 2 fully saturated rings. The molecule has 6 heteroatoms. The van der Waals surface area contributed by atoms with Gasteiger partial charge in [-0.3, -0.25) is 9.59 Å². The molecule has 0 unspecified atom stereocenters. The highest BCUT2D eigenvalue weighted by molar-refractivity contribution is 14.1. The van der Waals surface area contributed by atoms with Gasteiger partial charge < -0.3 is 4.42 Å². The summed E-state index contributed by atoms with van der Waals surface area (Å²) in [4.78, 5) is 24.7. The van der Waals surface area contributed by atoms with Crippen LogP contribution in [0.25, 0.3) is 0 Å². The van der Waals surface area contributed by atoms with Gasteiger partial charge >= 0.3 is 0 Å². The second-order valence-electron chi connectivity index (χ2n) is 5.37. The minimum atomic E-state index is -0.202. The molecule has 0 radical (unpaired) electrons. The first kappa shape index (κ1) is 12.3. The van der Waals surface area contributed by atoms with Gasteiger partial charge in [-0.15, -0.1) is 0 Å². The summed E-state index contributed by atoms with van der Waals surface area (Å²) in [5.74, 6) is 0.215. The van der Waals surface area contributed by atoms with Crippen LogP contribution in [-0.2, 0) is 9.59 Å². The molecule has 2 bridgehead atoms. The Bertz CT molecular complexity index is 633. The number of halogens is 1. The van der Waals surface area contributed by atoms with Gasteiger partial charge in [-0.25, -0.2) is 0 Å². The molecule has 1 aliphatic heterocycles. The minimum Gasteiger partial charge on any atom is -0.449 e. The van der Waals surface area contributed by atoms with Crippen LogP contribution in [0.4, 0.5) is 0 Å². The van der Waals surface area contributed by atoms with Crippen molar-refractivity contribution in [3.8, 4) is 0 Å². The fourth-order valence-electron chi connectivity index (χ4n) is 3.51. The zero-order valence-electron chi connectivity index (χ0n) is 10.4. The van der Waals surface area contributed by atoms with Gasteiger partial charge in [0.25, 0.3) is 11.8 Å². The summed E-state index contributed by atoms with van der Waals surface area (Å²) in [6.07, 6.45) is 6.49. The summed E-state index contributed by atoms with van der Waals surface area (Å²) in [5.41, 5.74) is 0. The standard InChI is InChI=1S/C14H11IN2O3/c15-10-4-3-9(20-10)6-16-17-13(18)11-7-1-2-8(5-7)12(11)14(17)19/h1-4,6-8,11-12H,5H2/b16-6-/t7-,8-,11-,12+/m0/s1. The Morgan fingerprint density at radius 3 is 2.40 bits per heavy atom. The zero-order valence-corrected chi connectivity index (χ0v) is 12.6. The molecule has 4 atom stereocenters. The highest BCUT2D eigenvalue weighted by atomic mass is 127. The lowest BCUT2D eigenvalue weighted by molar-refractivity contribution is -0.140. The number of hydrazone groups is 1. The molecule has 2 aliphatic carbocycles. The van der Waals surface area contributed by atoms with Crippen molar-refractivity contribution >= 4 is 40.6 Å². The average molecular weight is 382 g/mol. The Labute approximate surface area is 128 Å². The maximum absolute atomic E-state index is 12.3. The summed E-state index contributed by atoms with van der Waals surface area (Å²) in [6.45, 7) is 0. The van der Waals surface area contributed by atoms with Gasteiger partial charge in [0, 0.05) is 0 Å². The molecule has 3 aliphatic rings. The topological polar surface area (TPSA) is 62.9 Å². The fraction of sp³-hybridized carbons (Fsp3) is 0.357. The highest BCUT2D eigenvalue weighted by Crippen LogP contribution is 2.52. The molecule has 2 amide bonds. The van der Waals surface area contributed by atoms with E-state index in [0.717, 1.165) is 15.2 Å². The van der Waals surface area contributed by atoms with Crippen molar-refractivity contribution < 1.29 is 14.0 Å². The number of fused-ring (bicyclic) bond motifs is 5. The lowest BCUT2D eigenvalue weighted by Gasteiger charge is -2.13. The summed E-state index contributed by atoms with van der Waals surface area (Å²) >= 11 is 2.05. The smallest absolute Gasteiger partial charge is 0.254 e.